The number of benzene rings is 2. The molecule has 0 atom stereocenters. The van der Waals surface area contributed by atoms with Gasteiger partial charge in [-0.1, -0.05) is 49.4 Å². The zero-order valence-electron chi connectivity index (χ0n) is 13.8. The first-order valence-electron chi connectivity index (χ1n) is 8.18. The first-order chi connectivity index (χ1) is 11.7. The average molecular weight is 320 g/mol. The van der Waals surface area contributed by atoms with Gasteiger partial charge >= 0.3 is 0 Å². The number of nitrogens with zero attached hydrogens (tertiary/aromatic N) is 2. The Morgan fingerprint density at radius 2 is 1.62 bits per heavy atom. The number of para-hydroxylation sites is 1. The summed E-state index contributed by atoms with van der Waals surface area (Å²) >= 11 is 0. The number of amides is 1. The minimum Gasteiger partial charge on any atom is -0.307 e. The Hall–Kier alpha value is -2.79. The second-order valence-corrected chi connectivity index (χ2v) is 6.04. The Labute approximate surface area is 141 Å². The fraction of sp³-hybridized carbons (Fsp3) is 0.211. The van der Waals surface area contributed by atoms with Crippen LogP contribution in [0, 0.1) is 0 Å². The van der Waals surface area contributed by atoms with Gasteiger partial charge in [0, 0.05) is 24.6 Å². The first-order valence-corrected chi connectivity index (χ1v) is 8.18. The van der Waals surface area contributed by atoms with Crippen LogP contribution in [0.15, 0.2) is 48.5 Å². The topological polar surface area (TPSA) is 47.6 Å². The van der Waals surface area contributed by atoms with Crippen LogP contribution < -0.4 is 15.8 Å². The van der Waals surface area contributed by atoms with Crippen molar-refractivity contribution in [1.82, 2.24) is 16.0 Å². The molecule has 2 aliphatic heterocycles. The highest BCUT2D eigenvalue weighted by Crippen LogP contribution is 2.37. The highest BCUT2D eigenvalue weighted by atomic mass is 16.2. The molecule has 24 heavy (non-hydrogen) atoms. The lowest BCUT2D eigenvalue weighted by Gasteiger charge is -2.28. The molecule has 4 rings (SSSR count). The van der Waals surface area contributed by atoms with Crippen molar-refractivity contribution in [2.45, 2.75) is 19.9 Å². The first kappa shape index (κ1) is 14.8. The number of carbonyl (C=O) groups excluding carboxylic acids is 1. The van der Waals surface area contributed by atoms with Crippen molar-refractivity contribution in [3.8, 4) is 0 Å². The smallest absolute Gasteiger partial charge is 0.227 e. The van der Waals surface area contributed by atoms with Crippen molar-refractivity contribution < 1.29 is 4.79 Å². The second kappa shape index (κ2) is 5.69. The molecule has 122 valence electrons. The summed E-state index contributed by atoms with van der Waals surface area (Å²) in [4.78, 5) is 14.5. The summed E-state index contributed by atoms with van der Waals surface area (Å²) < 4.78 is 0. The largest absolute Gasteiger partial charge is 0.307 e. The minimum absolute atomic E-state index is 0.126. The van der Waals surface area contributed by atoms with E-state index in [1.807, 2.05) is 54.3 Å². The van der Waals surface area contributed by atoms with Crippen LogP contribution in [0.2, 0.25) is 0 Å². The number of hydrogen-bond donors (Lipinski definition) is 2. The van der Waals surface area contributed by atoms with Gasteiger partial charge in [-0.05, 0) is 11.6 Å². The van der Waals surface area contributed by atoms with E-state index in [0.29, 0.717) is 13.0 Å². The normalized spacial score (nSPS) is 16.3. The van der Waals surface area contributed by atoms with E-state index in [1.165, 1.54) is 0 Å². The Morgan fingerprint density at radius 3 is 2.38 bits per heavy atom. The molecule has 0 bridgehead atoms. The molecule has 5 nitrogen and oxygen atoms in total. The van der Waals surface area contributed by atoms with Gasteiger partial charge in [-0.2, -0.15) is 0 Å². The van der Waals surface area contributed by atoms with Crippen molar-refractivity contribution in [3.05, 3.63) is 65.2 Å². The molecule has 0 radical (unpaired) electrons. The van der Waals surface area contributed by atoms with Gasteiger partial charge in [0.1, 0.15) is 0 Å². The van der Waals surface area contributed by atoms with Gasteiger partial charge in [-0.3, -0.25) is 15.6 Å². The van der Waals surface area contributed by atoms with Crippen LogP contribution in [-0.4, -0.2) is 18.1 Å². The van der Waals surface area contributed by atoms with Gasteiger partial charge in [-0.15, -0.1) is 5.12 Å². The van der Waals surface area contributed by atoms with Crippen LogP contribution in [0.3, 0.4) is 0 Å². The number of hydrogen-bond acceptors (Lipinski definition) is 4. The Kier molecular flexibility index (Phi) is 3.50. The molecule has 0 fully saturated rings. The SMILES string of the molecule is CCC(=O)N1Cc2ccccc2C2=C(NN(C)N2)c2ccccc21. The lowest BCUT2D eigenvalue weighted by atomic mass is 9.96. The van der Waals surface area contributed by atoms with Crippen LogP contribution >= 0.6 is 0 Å². The summed E-state index contributed by atoms with van der Waals surface area (Å²) in [5, 5.41) is 1.84. The molecular weight excluding hydrogens is 300 g/mol. The fourth-order valence-electron chi connectivity index (χ4n) is 3.36. The summed E-state index contributed by atoms with van der Waals surface area (Å²) in [6, 6.07) is 16.3. The van der Waals surface area contributed by atoms with Crippen LogP contribution in [0.5, 0.6) is 0 Å². The van der Waals surface area contributed by atoms with Crippen molar-refractivity contribution in [1.29, 1.82) is 0 Å². The monoisotopic (exact) mass is 320 g/mol. The molecule has 5 heteroatoms. The fourth-order valence-corrected chi connectivity index (χ4v) is 3.36. The Morgan fingerprint density at radius 1 is 1.00 bits per heavy atom. The summed E-state index contributed by atoms with van der Waals surface area (Å²) in [6.07, 6.45) is 0.480. The molecule has 0 spiro atoms. The van der Waals surface area contributed by atoms with Gasteiger partial charge in [0.2, 0.25) is 5.91 Å². The summed E-state index contributed by atoms with van der Waals surface area (Å²) in [7, 11) is 1.94. The minimum atomic E-state index is 0.126. The third kappa shape index (κ3) is 2.25. The maximum Gasteiger partial charge on any atom is 0.227 e. The molecular formula is C19H20N4O. The summed E-state index contributed by atoms with van der Waals surface area (Å²) in [5.74, 6) is 0.126. The average Bonchev–Trinajstić information content (AvgIpc) is 2.99. The van der Waals surface area contributed by atoms with Gasteiger partial charge in [0.15, 0.2) is 0 Å². The standard InChI is InChI=1S/C19H20N4O/c1-3-17(24)23-12-13-8-4-5-9-14(13)18-19(21-22(2)20-18)15-10-6-7-11-16(15)23/h4-11,20-21H,3,12H2,1-2H3. The molecule has 2 aromatic rings. The number of rotatable bonds is 1. The van der Waals surface area contributed by atoms with E-state index in [-0.39, 0.29) is 5.91 Å². The predicted octanol–water partition coefficient (Wildman–Crippen LogP) is 2.72. The van der Waals surface area contributed by atoms with Crippen molar-refractivity contribution in [3.63, 3.8) is 0 Å². The van der Waals surface area contributed by atoms with Crippen molar-refractivity contribution in [2.75, 3.05) is 11.9 Å². The molecule has 2 heterocycles. The van der Waals surface area contributed by atoms with Crippen LogP contribution in [0.1, 0.15) is 30.0 Å². The zero-order valence-corrected chi connectivity index (χ0v) is 13.8. The molecule has 0 saturated heterocycles. The van der Waals surface area contributed by atoms with E-state index in [0.717, 1.165) is 33.8 Å². The molecule has 0 aromatic heterocycles. The lowest BCUT2D eigenvalue weighted by molar-refractivity contribution is -0.118. The van der Waals surface area contributed by atoms with Crippen molar-refractivity contribution >= 4 is 23.0 Å². The maximum atomic E-state index is 12.6. The molecule has 2 N–H and O–H groups in total. The summed E-state index contributed by atoms with van der Waals surface area (Å²) in [6.45, 7) is 2.48. The van der Waals surface area contributed by atoms with Crippen LogP contribution in [-0.2, 0) is 11.3 Å². The van der Waals surface area contributed by atoms with Gasteiger partial charge in [0.25, 0.3) is 0 Å². The van der Waals surface area contributed by atoms with Gasteiger partial charge < -0.3 is 4.90 Å². The van der Waals surface area contributed by atoms with Crippen molar-refractivity contribution in [2.24, 2.45) is 0 Å². The molecule has 0 aliphatic carbocycles. The molecule has 2 aromatic carbocycles. The third-order valence-corrected chi connectivity index (χ3v) is 4.49. The molecule has 1 amide bonds. The number of carbonyl (C=O) groups is 1. The Balaban J connectivity index is 2.00. The number of nitrogens with one attached hydrogen (secondary N) is 2. The molecule has 0 unspecified atom stereocenters. The van der Waals surface area contributed by atoms with E-state index >= 15 is 0 Å². The van der Waals surface area contributed by atoms with Gasteiger partial charge in [-0.25, -0.2) is 0 Å². The maximum absolute atomic E-state index is 12.6. The summed E-state index contributed by atoms with van der Waals surface area (Å²) in [5.41, 5.74) is 13.0. The lowest BCUT2D eigenvalue weighted by Crippen LogP contribution is -2.35. The second-order valence-electron chi connectivity index (χ2n) is 6.04. The third-order valence-electron chi connectivity index (χ3n) is 4.49. The highest BCUT2D eigenvalue weighted by Gasteiger charge is 2.29. The van der Waals surface area contributed by atoms with E-state index in [2.05, 4.69) is 29.1 Å². The number of anilines is 1. The number of hydrazine groups is 2. The van der Waals surface area contributed by atoms with E-state index in [1.54, 1.807) is 0 Å². The highest BCUT2D eigenvalue weighted by molar-refractivity contribution is 6.01. The van der Waals surface area contributed by atoms with E-state index in [4.69, 9.17) is 0 Å². The zero-order chi connectivity index (χ0) is 16.7. The number of fused-ring (bicyclic) bond motifs is 4. The quantitative estimate of drug-likeness (QED) is 0.848. The predicted molar refractivity (Wildman–Crippen MR) is 95.2 cm³/mol. The van der Waals surface area contributed by atoms with Gasteiger partial charge in [0.05, 0.1) is 23.6 Å². The van der Waals surface area contributed by atoms with E-state index < -0.39 is 0 Å². The van der Waals surface area contributed by atoms with Crippen LogP contribution in [0.4, 0.5) is 5.69 Å². The van der Waals surface area contributed by atoms with E-state index in [9.17, 15) is 4.79 Å². The van der Waals surface area contributed by atoms with Crippen LogP contribution in [0.25, 0.3) is 11.4 Å². The Bertz CT molecular complexity index is 843. The molecule has 2 aliphatic rings. The molecule has 0 saturated carbocycles.